The van der Waals surface area contributed by atoms with Crippen LogP contribution >= 0.6 is 11.3 Å². The molecular weight excluding hydrogens is 579 g/mol. The molecule has 2 nitrogen and oxygen atoms in total. The standard InChI is InChI=1S/C43H25NOS/c1-3-11-26(12-4-1)30-17-9-18-32-33-19-10-20-34(43(33)46-42(30)32)37-25-35-31(41(44-37)27-13-5-2-6-14-27)21-22-38-40(35)36-23-28-15-7-8-16-29(28)24-39(36)45-38/h1-25H. The quantitative estimate of drug-likeness (QED) is 0.201. The molecule has 0 aliphatic carbocycles. The third-order valence-electron chi connectivity index (χ3n) is 9.25. The first-order valence-electron chi connectivity index (χ1n) is 15.5. The average Bonchev–Trinajstić information content (AvgIpc) is 3.69. The van der Waals surface area contributed by atoms with Gasteiger partial charge in [-0.3, -0.25) is 0 Å². The molecule has 0 saturated carbocycles. The van der Waals surface area contributed by atoms with Gasteiger partial charge < -0.3 is 4.42 Å². The Morgan fingerprint density at radius 2 is 1.09 bits per heavy atom. The van der Waals surface area contributed by atoms with E-state index >= 15 is 0 Å². The zero-order valence-corrected chi connectivity index (χ0v) is 25.5. The van der Waals surface area contributed by atoms with E-state index in [0.29, 0.717) is 0 Å². The van der Waals surface area contributed by atoms with E-state index in [1.807, 2.05) is 11.3 Å². The van der Waals surface area contributed by atoms with Gasteiger partial charge in [0, 0.05) is 47.5 Å². The predicted molar refractivity (Wildman–Crippen MR) is 196 cm³/mol. The van der Waals surface area contributed by atoms with Crippen molar-refractivity contribution in [1.29, 1.82) is 0 Å². The molecule has 3 heteroatoms. The highest BCUT2D eigenvalue weighted by atomic mass is 32.1. The van der Waals surface area contributed by atoms with Crippen molar-refractivity contribution in [2.45, 2.75) is 0 Å². The second-order valence-corrected chi connectivity index (χ2v) is 12.9. The first-order chi connectivity index (χ1) is 22.8. The summed E-state index contributed by atoms with van der Waals surface area (Å²) in [5.41, 5.74) is 8.48. The van der Waals surface area contributed by atoms with Gasteiger partial charge in [0.2, 0.25) is 0 Å². The first kappa shape index (κ1) is 25.5. The highest BCUT2D eigenvalue weighted by molar-refractivity contribution is 7.26. The lowest BCUT2D eigenvalue weighted by molar-refractivity contribution is 0.670. The Morgan fingerprint density at radius 1 is 0.435 bits per heavy atom. The summed E-state index contributed by atoms with van der Waals surface area (Å²) < 4.78 is 9.06. The zero-order chi connectivity index (χ0) is 30.2. The lowest BCUT2D eigenvalue weighted by Gasteiger charge is -2.12. The van der Waals surface area contributed by atoms with Crippen molar-refractivity contribution < 1.29 is 4.42 Å². The van der Waals surface area contributed by atoms with Crippen molar-refractivity contribution >= 4 is 75.0 Å². The molecule has 3 aromatic heterocycles. The number of rotatable bonds is 3. The Labute approximate surface area is 268 Å². The molecule has 0 aliphatic rings. The van der Waals surface area contributed by atoms with Crippen molar-refractivity contribution in [1.82, 2.24) is 4.98 Å². The number of fused-ring (bicyclic) bond motifs is 9. The molecule has 0 amide bonds. The third-order valence-corrected chi connectivity index (χ3v) is 10.5. The predicted octanol–water partition coefficient (Wildman–Crippen LogP) is 12.7. The maximum absolute atomic E-state index is 6.51. The molecule has 214 valence electrons. The average molecular weight is 604 g/mol. The molecule has 0 saturated heterocycles. The van der Waals surface area contributed by atoms with Crippen LogP contribution in [0, 0.1) is 0 Å². The molecule has 0 N–H and O–H groups in total. The molecule has 10 aromatic rings. The number of hydrogen-bond donors (Lipinski definition) is 0. The van der Waals surface area contributed by atoms with Crippen molar-refractivity contribution in [3.63, 3.8) is 0 Å². The molecule has 0 spiro atoms. The van der Waals surface area contributed by atoms with Crippen LogP contribution in [0.15, 0.2) is 156 Å². The Balaban J connectivity index is 1.31. The monoisotopic (exact) mass is 603 g/mol. The summed E-state index contributed by atoms with van der Waals surface area (Å²) in [6, 6.07) is 54.0. The summed E-state index contributed by atoms with van der Waals surface area (Å²) >= 11 is 1.86. The van der Waals surface area contributed by atoms with E-state index in [9.17, 15) is 0 Å². The van der Waals surface area contributed by atoms with E-state index in [0.717, 1.165) is 55.2 Å². The van der Waals surface area contributed by atoms with Gasteiger partial charge in [-0.15, -0.1) is 11.3 Å². The van der Waals surface area contributed by atoms with Crippen molar-refractivity contribution in [3.8, 4) is 33.6 Å². The third kappa shape index (κ3) is 3.79. The summed E-state index contributed by atoms with van der Waals surface area (Å²) in [4.78, 5) is 5.44. The van der Waals surface area contributed by atoms with Crippen LogP contribution in [0.3, 0.4) is 0 Å². The number of pyridine rings is 1. The van der Waals surface area contributed by atoms with Gasteiger partial charge in [-0.25, -0.2) is 4.98 Å². The molecule has 0 radical (unpaired) electrons. The summed E-state index contributed by atoms with van der Waals surface area (Å²) in [6.45, 7) is 0. The van der Waals surface area contributed by atoms with Crippen LogP contribution in [0.25, 0.3) is 97.3 Å². The molecule has 3 heterocycles. The Kier molecular flexibility index (Phi) is 5.48. The van der Waals surface area contributed by atoms with Crippen LogP contribution in [-0.2, 0) is 0 Å². The molecule has 7 aromatic carbocycles. The molecular formula is C43H25NOS. The number of nitrogens with zero attached hydrogens (tertiary/aromatic N) is 1. The van der Waals surface area contributed by atoms with E-state index in [1.54, 1.807) is 0 Å². The second kappa shape index (κ2) is 9.87. The van der Waals surface area contributed by atoms with Crippen molar-refractivity contribution in [2.75, 3.05) is 0 Å². The molecule has 0 bridgehead atoms. The van der Waals surface area contributed by atoms with Gasteiger partial charge in [0.1, 0.15) is 11.2 Å². The van der Waals surface area contributed by atoms with Gasteiger partial charge in [-0.05, 0) is 57.6 Å². The number of aromatic nitrogens is 1. The van der Waals surface area contributed by atoms with Gasteiger partial charge in [0.25, 0.3) is 0 Å². The lowest BCUT2D eigenvalue weighted by atomic mass is 9.96. The van der Waals surface area contributed by atoms with Crippen LogP contribution in [0.5, 0.6) is 0 Å². The minimum absolute atomic E-state index is 0.890. The minimum atomic E-state index is 0.890. The highest BCUT2D eigenvalue weighted by Crippen LogP contribution is 2.45. The van der Waals surface area contributed by atoms with Gasteiger partial charge in [0.15, 0.2) is 0 Å². The van der Waals surface area contributed by atoms with E-state index < -0.39 is 0 Å². The topological polar surface area (TPSA) is 26.0 Å². The SMILES string of the molecule is c1ccc(-c2nc(-c3cccc4c3sc3c(-c5ccccc5)cccc34)cc3c2ccc2oc4cc5ccccc5cc4c23)cc1. The van der Waals surface area contributed by atoms with Crippen molar-refractivity contribution in [2.24, 2.45) is 0 Å². The van der Waals surface area contributed by atoms with E-state index in [1.165, 1.54) is 42.1 Å². The summed E-state index contributed by atoms with van der Waals surface area (Å²) in [5, 5.41) is 9.46. The second-order valence-electron chi connectivity index (χ2n) is 11.9. The fourth-order valence-corrected chi connectivity index (χ4v) is 8.47. The molecule has 0 aliphatic heterocycles. The Morgan fingerprint density at radius 3 is 1.85 bits per heavy atom. The number of furan rings is 1. The first-order valence-corrected chi connectivity index (χ1v) is 16.4. The van der Waals surface area contributed by atoms with Crippen LogP contribution in [-0.4, -0.2) is 4.98 Å². The molecule has 0 fully saturated rings. The fourth-order valence-electron chi connectivity index (χ4n) is 7.11. The lowest BCUT2D eigenvalue weighted by Crippen LogP contribution is -1.92. The minimum Gasteiger partial charge on any atom is -0.456 e. The fraction of sp³-hybridized carbons (Fsp3) is 0. The largest absolute Gasteiger partial charge is 0.456 e. The number of hydrogen-bond acceptors (Lipinski definition) is 3. The molecule has 46 heavy (non-hydrogen) atoms. The summed E-state index contributed by atoms with van der Waals surface area (Å²) in [7, 11) is 0. The summed E-state index contributed by atoms with van der Waals surface area (Å²) in [6.07, 6.45) is 0. The molecule has 0 unspecified atom stereocenters. The van der Waals surface area contributed by atoms with Gasteiger partial charge >= 0.3 is 0 Å². The zero-order valence-electron chi connectivity index (χ0n) is 24.7. The number of thiophene rings is 1. The van der Waals surface area contributed by atoms with E-state index in [2.05, 4.69) is 152 Å². The van der Waals surface area contributed by atoms with E-state index in [4.69, 9.17) is 9.40 Å². The molecule has 10 rings (SSSR count). The van der Waals surface area contributed by atoms with Crippen LogP contribution in [0.4, 0.5) is 0 Å². The van der Waals surface area contributed by atoms with Crippen LogP contribution in [0.2, 0.25) is 0 Å². The van der Waals surface area contributed by atoms with Crippen molar-refractivity contribution in [3.05, 3.63) is 152 Å². The number of benzene rings is 7. The van der Waals surface area contributed by atoms with Crippen LogP contribution in [0.1, 0.15) is 0 Å². The van der Waals surface area contributed by atoms with Gasteiger partial charge in [-0.2, -0.15) is 0 Å². The normalized spacial score (nSPS) is 11.9. The maximum atomic E-state index is 6.51. The van der Waals surface area contributed by atoms with Gasteiger partial charge in [-0.1, -0.05) is 121 Å². The Bertz CT molecular complexity index is 2790. The smallest absolute Gasteiger partial charge is 0.136 e. The van der Waals surface area contributed by atoms with Crippen LogP contribution < -0.4 is 0 Å². The highest BCUT2D eigenvalue weighted by Gasteiger charge is 2.19. The van der Waals surface area contributed by atoms with E-state index in [-0.39, 0.29) is 0 Å². The summed E-state index contributed by atoms with van der Waals surface area (Å²) in [5.74, 6) is 0. The van der Waals surface area contributed by atoms with Gasteiger partial charge in [0.05, 0.1) is 11.4 Å². The molecule has 0 atom stereocenters. The maximum Gasteiger partial charge on any atom is 0.136 e. The Hall–Kier alpha value is -5.77.